The van der Waals surface area contributed by atoms with Crippen molar-refractivity contribution in [1.29, 1.82) is 0 Å². The normalized spacial score (nSPS) is 16.5. The summed E-state index contributed by atoms with van der Waals surface area (Å²) in [7, 11) is 0. The Hall–Kier alpha value is -3.52. The molecule has 1 aromatic carbocycles. The highest BCUT2D eigenvalue weighted by Crippen LogP contribution is 2.31. The van der Waals surface area contributed by atoms with Crippen molar-refractivity contribution in [3.63, 3.8) is 0 Å². The van der Waals surface area contributed by atoms with Crippen LogP contribution < -0.4 is 4.90 Å². The van der Waals surface area contributed by atoms with E-state index in [1.165, 1.54) is 6.07 Å². The van der Waals surface area contributed by atoms with Crippen LogP contribution in [0.5, 0.6) is 0 Å². The van der Waals surface area contributed by atoms with Crippen LogP contribution in [0.25, 0.3) is 22.4 Å². The zero-order valence-electron chi connectivity index (χ0n) is 18.2. The van der Waals surface area contributed by atoms with Crippen LogP contribution in [0.1, 0.15) is 28.6 Å². The molecule has 32 heavy (non-hydrogen) atoms. The van der Waals surface area contributed by atoms with Crippen LogP contribution in [0.2, 0.25) is 0 Å². The second-order valence-corrected chi connectivity index (χ2v) is 8.08. The van der Waals surface area contributed by atoms with E-state index < -0.39 is 0 Å². The van der Waals surface area contributed by atoms with E-state index >= 15 is 0 Å². The minimum absolute atomic E-state index is 0.132. The first-order chi connectivity index (χ1) is 15.5. The summed E-state index contributed by atoms with van der Waals surface area (Å²) in [5.41, 5.74) is 5.34. The average molecular weight is 430 g/mol. The van der Waals surface area contributed by atoms with Crippen molar-refractivity contribution in [3.8, 4) is 11.3 Å². The predicted molar refractivity (Wildman–Crippen MR) is 120 cm³/mol. The van der Waals surface area contributed by atoms with E-state index in [1.54, 1.807) is 18.5 Å². The molecule has 8 heteroatoms. The number of morpholine rings is 1. The van der Waals surface area contributed by atoms with Crippen LogP contribution in [-0.4, -0.2) is 44.6 Å². The molecule has 4 aromatic rings. The topological polar surface area (TPSA) is 76.9 Å². The first-order valence-electron chi connectivity index (χ1n) is 10.5. The van der Waals surface area contributed by atoms with Gasteiger partial charge in [0.1, 0.15) is 23.1 Å². The molecule has 1 fully saturated rings. The van der Waals surface area contributed by atoms with Gasteiger partial charge in [-0.2, -0.15) is 4.98 Å². The quantitative estimate of drug-likeness (QED) is 0.484. The standard InChI is InChI=1S/C24H23FN6O/c1-14-4-5-18(19(25)10-14)21-22-23(28-16(3)12-27-22)30-24(29-21)31-8-9-32-20(13-31)17-6-7-26-15(2)11-17/h4-7,10-12,20H,8-9,13H2,1-3H3/t20-/m1/s1. The van der Waals surface area contributed by atoms with Gasteiger partial charge in [0.2, 0.25) is 5.95 Å². The van der Waals surface area contributed by atoms with Crippen molar-refractivity contribution in [1.82, 2.24) is 24.9 Å². The number of aromatic nitrogens is 5. The van der Waals surface area contributed by atoms with E-state index in [0.29, 0.717) is 48.1 Å². The number of rotatable bonds is 3. The Kier molecular flexibility index (Phi) is 5.22. The second kappa shape index (κ2) is 8.20. The maximum atomic E-state index is 14.9. The Labute approximate surface area is 185 Å². The number of aryl methyl sites for hydroxylation is 3. The molecule has 1 aliphatic heterocycles. The fraction of sp³-hybridized carbons (Fsp3) is 0.292. The van der Waals surface area contributed by atoms with Crippen LogP contribution in [0.3, 0.4) is 0 Å². The lowest BCUT2D eigenvalue weighted by atomic mass is 10.1. The van der Waals surface area contributed by atoms with Gasteiger partial charge in [-0.05, 0) is 56.2 Å². The highest BCUT2D eigenvalue weighted by molar-refractivity contribution is 5.88. The molecule has 1 saturated heterocycles. The SMILES string of the molecule is Cc1ccc(-c2nc(N3CCO[C@@H](c4ccnc(C)c4)C3)nc3nc(C)cnc23)c(F)c1. The summed E-state index contributed by atoms with van der Waals surface area (Å²) in [4.78, 5) is 24.8. The van der Waals surface area contributed by atoms with Crippen LogP contribution in [-0.2, 0) is 4.74 Å². The maximum absolute atomic E-state index is 14.9. The summed E-state index contributed by atoms with van der Waals surface area (Å²) >= 11 is 0. The molecule has 0 bridgehead atoms. The molecule has 0 spiro atoms. The summed E-state index contributed by atoms with van der Waals surface area (Å²) in [6.45, 7) is 7.40. The largest absolute Gasteiger partial charge is 0.370 e. The molecular weight excluding hydrogens is 407 g/mol. The van der Waals surface area contributed by atoms with E-state index in [2.05, 4.69) is 24.8 Å². The van der Waals surface area contributed by atoms with Gasteiger partial charge in [-0.1, -0.05) is 6.07 Å². The molecule has 7 nitrogen and oxygen atoms in total. The highest BCUT2D eigenvalue weighted by Gasteiger charge is 2.26. The van der Waals surface area contributed by atoms with Gasteiger partial charge in [-0.15, -0.1) is 0 Å². The highest BCUT2D eigenvalue weighted by atomic mass is 19.1. The van der Waals surface area contributed by atoms with Crippen LogP contribution in [0.15, 0.2) is 42.7 Å². The molecule has 5 rings (SSSR count). The van der Waals surface area contributed by atoms with Crippen molar-refractivity contribution in [2.24, 2.45) is 0 Å². The lowest BCUT2D eigenvalue weighted by Gasteiger charge is -2.33. The molecular formula is C24H23FN6O. The number of anilines is 1. The third-order valence-corrected chi connectivity index (χ3v) is 5.54. The van der Waals surface area contributed by atoms with E-state index in [0.717, 1.165) is 22.5 Å². The molecule has 1 atom stereocenters. The molecule has 3 aromatic heterocycles. The molecule has 0 amide bonds. The van der Waals surface area contributed by atoms with E-state index in [4.69, 9.17) is 9.72 Å². The Bertz CT molecular complexity index is 1310. The fourth-order valence-electron chi connectivity index (χ4n) is 3.92. The zero-order valence-corrected chi connectivity index (χ0v) is 18.2. The molecule has 162 valence electrons. The minimum Gasteiger partial charge on any atom is -0.370 e. The first kappa shape index (κ1) is 20.4. The first-order valence-corrected chi connectivity index (χ1v) is 10.5. The van der Waals surface area contributed by atoms with Crippen molar-refractivity contribution in [2.75, 3.05) is 24.6 Å². The second-order valence-electron chi connectivity index (χ2n) is 8.08. The smallest absolute Gasteiger partial charge is 0.228 e. The van der Waals surface area contributed by atoms with Crippen LogP contribution >= 0.6 is 0 Å². The number of benzene rings is 1. The molecule has 0 radical (unpaired) electrons. The summed E-state index contributed by atoms with van der Waals surface area (Å²) in [5, 5.41) is 0. The number of nitrogens with zero attached hydrogens (tertiary/aromatic N) is 6. The van der Waals surface area contributed by atoms with E-state index in [1.807, 2.05) is 39.0 Å². The van der Waals surface area contributed by atoms with Gasteiger partial charge >= 0.3 is 0 Å². The van der Waals surface area contributed by atoms with Gasteiger partial charge in [0.05, 0.1) is 18.8 Å². The molecule has 0 saturated carbocycles. The molecule has 0 N–H and O–H groups in total. The maximum Gasteiger partial charge on any atom is 0.228 e. The number of hydrogen-bond acceptors (Lipinski definition) is 7. The van der Waals surface area contributed by atoms with Gasteiger partial charge in [-0.25, -0.2) is 19.3 Å². The fourth-order valence-corrected chi connectivity index (χ4v) is 3.92. The van der Waals surface area contributed by atoms with Gasteiger partial charge < -0.3 is 9.64 Å². The lowest BCUT2D eigenvalue weighted by molar-refractivity contribution is 0.0391. The summed E-state index contributed by atoms with van der Waals surface area (Å²) in [6.07, 6.45) is 3.31. The van der Waals surface area contributed by atoms with Gasteiger partial charge in [0.25, 0.3) is 0 Å². The summed E-state index contributed by atoms with van der Waals surface area (Å²) in [5.74, 6) is 0.150. The molecule has 0 unspecified atom stereocenters. The number of fused-ring (bicyclic) bond motifs is 1. The van der Waals surface area contributed by atoms with Crippen LogP contribution in [0.4, 0.5) is 10.3 Å². The Morgan fingerprint density at radius 3 is 2.69 bits per heavy atom. The molecule has 4 heterocycles. The van der Waals surface area contributed by atoms with Gasteiger partial charge in [-0.3, -0.25) is 4.98 Å². The number of halogens is 1. The van der Waals surface area contributed by atoms with Crippen molar-refractivity contribution in [3.05, 3.63) is 71.1 Å². The van der Waals surface area contributed by atoms with Crippen molar-refractivity contribution < 1.29 is 9.13 Å². The minimum atomic E-state index is -0.342. The third kappa shape index (κ3) is 3.89. The molecule has 1 aliphatic rings. The summed E-state index contributed by atoms with van der Waals surface area (Å²) < 4.78 is 20.9. The third-order valence-electron chi connectivity index (χ3n) is 5.54. The number of ether oxygens (including phenoxy) is 1. The Morgan fingerprint density at radius 1 is 1.00 bits per heavy atom. The lowest BCUT2D eigenvalue weighted by Crippen LogP contribution is -2.39. The van der Waals surface area contributed by atoms with Gasteiger partial charge in [0.15, 0.2) is 5.65 Å². The summed E-state index contributed by atoms with van der Waals surface area (Å²) in [6, 6.07) is 9.09. The van der Waals surface area contributed by atoms with E-state index in [9.17, 15) is 4.39 Å². The van der Waals surface area contributed by atoms with Crippen molar-refractivity contribution in [2.45, 2.75) is 26.9 Å². The monoisotopic (exact) mass is 430 g/mol. The predicted octanol–water partition coefficient (Wildman–Crippen LogP) is 4.12. The number of pyridine rings is 1. The van der Waals surface area contributed by atoms with Crippen LogP contribution in [0, 0.1) is 26.6 Å². The van der Waals surface area contributed by atoms with Crippen molar-refractivity contribution >= 4 is 17.1 Å². The Morgan fingerprint density at radius 2 is 1.88 bits per heavy atom. The van der Waals surface area contributed by atoms with Gasteiger partial charge in [0, 0.05) is 30.2 Å². The number of hydrogen-bond donors (Lipinski definition) is 0. The average Bonchev–Trinajstić information content (AvgIpc) is 2.78. The van der Waals surface area contributed by atoms with E-state index in [-0.39, 0.29) is 11.9 Å². The molecule has 0 aliphatic carbocycles. The zero-order chi connectivity index (χ0) is 22.2. The Balaban J connectivity index is 1.59.